The molecule has 2 aromatic carbocycles. The van der Waals surface area contributed by atoms with Crippen LogP contribution in [0.25, 0.3) is 0 Å². The predicted molar refractivity (Wildman–Crippen MR) is 140 cm³/mol. The summed E-state index contributed by atoms with van der Waals surface area (Å²) >= 11 is 0. The average molecular weight is 512 g/mol. The SMILES string of the molecule is CCOc1ccc(Oc2cc(S(=O)(=O)N(C)C)cnc2N2CCC(Oc3ccc(C)cc3)CC2)cc1. The van der Waals surface area contributed by atoms with Gasteiger partial charge in [-0.1, -0.05) is 17.7 Å². The zero-order valence-electron chi connectivity index (χ0n) is 21.2. The largest absolute Gasteiger partial charge is 0.494 e. The van der Waals surface area contributed by atoms with Crippen molar-refractivity contribution in [2.24, 2.45) is 0 Å². The number of piperidine rings is 1. The molecule has 1 aliphatic rings. The van der Waals surface area contributed by atoms with Gasteiger partial charge in [0.2, 0.25) is 10.0 Å². The molecule has 4 rings (SSSR count). The second kappa shape index (κ2) is 11.2. The number of sulfonamides is 1. The number of nitrogens with zero attached hydrogens (tertiary/aromatic N) is 3. The summed E-state index contributed by atoms with van der Waals surface area (Å²) in [6, 6.07) is 16.9. The van der Waals surface area contributed by atoms with Crippen LogP contribution in [0.3, 0.4) is 0 Å². The third-order valence-electron chi connectivity index (χ3n) is 6.01. The number of rotatable bonds is 9. The Bertz CT molecular complexity index is 1250. The summed E-state index contributed by atoms with van der Waals surface area (Å²) in [6.07, 6.45) is 3.13. The molecule has 0 atom stereocenters. The molecule has 36 heavy (non-hydrogen) atoms. The van der Waals surface area contributed by atoms with Crippen molar-refractivity contribution in [1.82, 2.24) is 9.29 Å². The van der Waals surface area contributed by atoms with E-state index in [2.05, 4.69) is 16.8 Å². The van der Waals surface area contributed by atoms with Crippen LogP contribution in [0, 0.1) is 6.92 Å². The summed E-state index contributed by atoms with van der Waals surface area (Å²) in [5.41, 5.74) is 1.20. The van der Waals surface area contributed by atoms with E-state index in [0.717, 1.165) is 28.6 Å². The van der Waals surface area contributed by atoms with E-state index < -0.39 is 10.0 Å². The fourth-order valence-corrected chi connectivity index (χ4v) is 4.84. The van der Waals surface area contributed by atoms with Crippen LogP contribution in [-0.4, -0.2) is 57.6 Å². The maximum atomic E-state index is 12.8. The van der Waals surface area contributed by atoms with E-state index in [0.29, 0.717) is 37.0 Å². The van der Waals surface area contributed by atoms with Gasteiger partial charge in [-0.05, 0) is 50.2 Å². The first kappa shape index (κ1) is 25.8. The number of anilines is 1. The number of hydrogen-bond acceptors (Lipinski definition) is 7. The van der Waals surface area contributed by atoms with Gasteiger partial charge in [0.25, 0.3) is 0 Å². The van der Waals surface area contributed by atoms with Gasteiger partial charge >= 0.3 is 0 Å². The van der Waals surface area contributed by atoms with Gasteiger partial charge in [0.05, 0.1) is 6.61 Å². The van der Waals surface area contributed by atoms with E-state index >= 15 is 0 Å². The van der Waals surface area contributed by atoms with E-state index in [1.54, 1.807) is 18.2 Å². The lowest BCUT2D eigenvalue weighted by Crippen LogP contribution is -2.39. The molecule has 0 unspecified atom stereocenters. The Morgan fingerprint density at radius 3 is 2.19 bits per heavy atom. The van der Waals surface area contributed by atoms with Gasteiger partial charge in [0.1, 0.15) is 28.2 Å². The Hall–Kier alpha value is -3.30. The maximum absolute atomic E-state index is 12.8. The minimum absolute atomic E-state index is 0.0785. The summed E-state index contributed by atoms with van der Waals surface area (Å²) in [4.78, 5) is 6.74. The van der Waals surface area contributed by atoms with E-state index in [-0.39, 0.29) is 11.0 Å². The summed E-state index contributed by atoms with van der Waals surface area (Å²) in [5.74, 6) is 3.17. The van der Waals surface area contributed by atoms with Gasteiger partial charge in [-0.2, -0.15) is 0 Å². The normalized spacial score (nSPS) is 14.6. The highest BCUT2D eigenvalue weighted by Gasteiger charge is 2.26. The van der Waals surface area contributed by atoms with E-state index in [4.69, 9.17) is 14.2 Å². The zero-order chi connectivity index (χ0) is 25.7. The van der Waals surface area contributed by atoms with Crippen LogP contribution < -0.4 is 19.1 Å². The lowest BCUT2D eigenvalue weighted by molar-refractivity contribution is 0.170. The molecule has 2 heterocycles. The minimum Gasteiger partial charge on any atom is -0.494 e. The zero-order valence-corrected chi connectivity index (χ0v) is 22.0. The molecule has 0 bridgehead atoms. The van der Waals surface area contributed by atoms with Crippen LogP contribution in [0.5, 0.6) is 23.0 Å². The quantitative estimate of drug-likeness (QED) is 0.405. The van der Waals surface area contributed by atoms with Crippen LogP contribution >= 0.6 is 0 Å². The summed E-state index contributed by atoms with van der Waals surface area (Å²) in [5, 5.41) is 0. The maximum Gasteiger partial charge on any atom is 0.244 e. The first-order valence-electron chi connectivity index (χ1n) is 12.1. The van der Waals surface area contributed by atoms with Gasteiger partial charge in [0.15, 0.2) is 11.6 Å². The molecular weight excluding hydrogens is 478 g/mol. The summed E-state index contributed by atoms with van der Waals surface area (Å²) in [7, 11) is -0.677. The van der Waals surface area contributed by atoms with Crippen LogP contribution in [0.2, 0.25) is 0 Å². The highest BCUT2D eigenvalue weighted by atomic mass is 32.2. The summed E-state index contributed by atoms with van der Waals surface area (Å²) in [6.45, 7) is 5.97. The van der Waals surface area contributed by atoms with Gasteiger partial charge < -0.3 is 19.1 Å². The number of pyridine rings is 1. The highest BCUT2D eigenvalue weighted by Crippen LogP contribution is 2.35. The molecular formula is C27H33N3O5S. The number of benzene rings is 2. The Balaban J connectivity index is 1.54. The molecule has 1 aromatic heterocycles. The molecule has 0 radical (unpaired) electrons. The van der Waals surface area contributed by atoms with Crippen molar-refractivity contribution in [2.45, 2.75) is 37.7 Å². The van der Waals surface area contributed by atoms with Crippen molar-refractivity contribution >= 4 is 15.8 Å². The van der Waals surface area contributed by atoms with E-state index in [1.165, 1.54) is 25.9 Å². The number of hydrogen-bond donors (Lipinski definition) is 0. The molecule has 1 aliphatic heterocycles. The first-order chi connectivity index (χ1) is 17.3. The Morgan fingerprint density at radius 2 is 1.58 bits per heavy atom. The predicted octanol–water partition coefficient (Wildman–Crippen LogP) is 4.88. The standard InChI is InChI=1S/C27H33N3O5S/c1-5-33-21-10-12-23(13-11-21)35-26-18-25(36(31,32)29(3)4)19-28-27(26)30-16-14-24(15-17-30)34-22-8-6-20(2)7-9-22/h6-13,18-19,24H,5,14-17H2,1-4H3. The second-order valence-corrected chi connectivity index (χ2v) is 11.1. The summed E-state index contributed by atoms with van der Waals surface area (Å²) < 4.78 is 44.5. The molecule has 0 saturated carbocycles. The van der Waals surface area contributed by atoms with E-state index in [1.807, 2.05) is 43.3 Å². The Kier molecular flexibility index (Phi) is 8.01. The van der Waals surface area contributed by atoms with Crippen molar-refractivity contribution in [1.29, 1.82) is 0 Å². The van der Waals surface area contributed by atoms with Crippen molar-refractivity contribution in [3.63, 3.8) is 0 Å². The highest BCUT2D eigenvalue weighted by molar-refractivity contribution is 7.89. The average Bonchev–Trinajstić information content (AvgIpc) is 2.87. The number of aromatic nitrogens is 1. The fourth-order valence-electron chi connectivity index (χ4n) is 3.98. The van der Waals surface area contributed by atoms with Gasteiger partial charge in [0, 0.05) is 52.3 Å². The van der Waals surface area contributed by atoms with Crippen molar-refractivity contribution in [3.05, 3.63) is 66.4 Å². The smallest absolute Gasteiger partial charge is 0.244 e. The van der Waals surface area contributed by atoms with Gasteiger partial charge in [-0.15, -0.1) is 0 Å². The van der Waals surface area contributed by atoms with Crippen molar-refractivity contribution in [2.75, 3.05) is 38.7 Å². The molecule has 0 spiro atoms. The van der Waals surface area contributed by atoms with Gasteiger partial charge in [-0.25, -0.2) is 17.7 Å². The molecule has 9 heteroatoms. The Labute approximate surface area is 213 Å². The molecule has 192 valence electrons. The molecule has 1 fully saturated rings. The minimum atomic E-state index is -3.67. The molecule has 1 saturated heterocycles. The first-order valence-corrected chi connectivity index (χ1v) is 13.5. The number of ether oxygens (including phenoxy) is 3. The fraction of sp³-hybridized carbons (Fsp3) is 0.370. The Morgan fingerprint density at radius 1 is 0.972 bits per heavy atom. The van der Waals surface area contributed by atoms with Crippen LogP contribution in [0.15, 0.2) is 65.7 Å². The second-order valence-electron chi connectivity index (χ2n) is 8.90. The van der Waals surface area contributed by atoms with E-state index in [9.17, 15) is 8.42 Å². The third kappa shape index (κ3) is 6.09. The van der Waals surface area contributed by atoms with Crippen molar-refractivity contribution in [3.8, 4) is 23.0 Å². The van der Waals surface area contributed by atoms with Crippen LogP contribution in [0.4, 0.5) is 5.82 Å². The molecule has 0 aliphatic carbocycles. The number of aryl methyl sites for hydroxylation is 1. The van der Waals surface area contributed by atoms with Crippen LogP contribution in [-0.2, 0) is 10.0 Å². The molecule has 0 N–H and O–H groups in total. The van der Waals surface area contributed by atoms with Gasteiger partial charge in [-0.3, -0.25) is 0 Å². The topological polar surface area (TPSA) is 81.2 Å². The molecule has 0 amide bonds. The monoisotopic (exact) mass is 511 g/mol. The molecule has 8 nitrogen and oxygen atoms in total. The third-order valence-corrected chi connectivity index (χ3v) is 7.79. The lowest BCUT2D eigenvalue weighted by Gasteiger charge is -2.33. The lowest BCUT2D eigenvalue weighted by atomic mass is 10.1. The molecule has 3 aromatic rings. The van der Waals surface area contributed by atoms with Crippen molar-refractivity contribution < 1.29 is 22.6 Å². The van der Waals surface area contributed by atoms with Crippen LogP contribution in [0.1, 0.15) is 25.3 Å².